The summed E-state index contributed by atoms with van der Waals surface area (Å²) in [4.78, 5) is 4.22. The molecule has 1 aromatic heterocycles. The van der Waals surface area contributed by atoms with Crippen LogP contribution < -0.4 is 5.32 Å². The predicted octanol–water partition coefficient (Wildman–Crippen LogP) is 2.69. The lowest BCUT2D eigenvalue weighted by molar-refractivity contribution is 0.0285. The molecule has 1 aromatic rings. The second-order valence-corrected chi connectivity index (χ2v) is 4.80. The summed E-state index contributed by atoms with van der Waals surface area (Å²) < 4.78 is 19.5. The van der Waals surface area contributed by atoms with E-state index in [1.165, 1.54) is 0 Å². The summed E-state index contributed by atoms with van der Waals surface area (Å²) in [7, 11) is 0. The van der Waals surface area contributed by atoms with E-state index in [0.29, 0.717) is 18.8 Å². The zero-order chi connectivity index (χ0) is 11.5. The Morgan fingerprint density at radius 1 is 1.62 bits per heavy atom. The first-order valence-corrected chi connectivity index (χ1v) is 6.06. The molecule has 5 heteroatoms. The van der Waals surface area contributed by atoms with Crippen molar-refractivity contribution in [3.63, 3.8) is 0 Å². The quantitative estimate of drug-likeness (QED) is 0.909. The fourth-order valence-electron chi connectivity index (χ4n) is 1.63. The molecular formula is C11H14BrFN2O. The van der Waals surface area contributed by atoms with E-state index in [1.807, 2.05) is 13.0 Å². The van der Waals surface area contributed by atoms with E-state index in [1.54, 1.807) is 6.20 Å². The Bertz CT molecular complexity index is 375. The number of anilines is 1. The van der Waals surface area contributed by atoms with Gasteiger partial charge < -0.3 is 10.1 Å². The molecule has 0 bridgehead atoms. The van der Waals surface area contributed by atoms with Crippen LogP contribution in [0.4, 0.5) is 10.2 Å². The number of ether oxygens (including phenoxy) is 1. The van der Waals surface area contributed by atoms with Gasteiger partial charge in [-0.1, -0.05) is 15.9 Å². The molecule has 0 saturated carbocycles. The first kappa shape index (κ1) is 11.8. The Hall–Kier alpha value is -0.680. The van der Waals surface area contributed by atoms with E-state index in [4.69, 9.17) is 4.74 Å². The van der Waals surface area contributed by atoms with Gasteiger partial charge in [-0.25, -0.2) is 9.37 Å². The highest BCUT2D eigenvalue weighted by atomic mass is 79.9. The third-order valence-electron chi connectivity index (χ3n) is 2.66. The van der Waals surface area contributed by atoms with Crippen molar-refractivity contribution in [3.05, 3.63) is 22.3 Å². The molecule has 1 aliphatic heterocycles. The molecule has 2 atom stereocenters. The molecular weight excluding hydrogens is 275 g/mol. The van der Waals surface area contributed by atoms with Crippen LogP contribution in [-0.2, 0) is 4.74 Å². The van der Waals surface area contributed by atoms with E-state index in [9.17, 15) is 4.39 Å². The number of aryl methyl sites for hydroxylation is 1. The molecule has 2 rings (SSSR count). The Labute approximate surface area is 103 Å². The van der Waals surface area contributed by atoms with Crippen molar-refractivity contribution < 1.29 is 9.13 Å². The maximum absolute atomic E-state index is 13.5. The normalized spacial score (nSPS) is 25.4. The van der Waals surface area contributed by atoms with Gasteiger partial charge in [0.05, 0.1) is 12.6 Å². The minimum Gasteiger partial charge on any atom is -0.378 e. The van der Waals surface area contributed by atoms with E-state index < -0.39 is 6.17 Å². The van der Waals surface area contributed by atoms with E-state index >= 15 is 0 Å². The predicted molar refractivity (Wildman–Crippen MR) is 64.4 cm³/mol. The van der Waals surface area contributed by atoms with Gasteiger partial charge >= 0.3 is 0 Å². The van der Waals surface area contributed by atoms with Gasteiger partial charge in [0.1, 0.15) is 12.0 Å². The molecule has 16 heavy (non-hydrogen) atoms. The van der Waals surface area contributed by atoms with Crippen LogP contribution in [0, 0.1) is 6.92 Å². The lowest BCUT2D eigenvalue weighted by Crippen LogP contribution is -2.39. The van der Waals surface area contributed by atoms with Crippen molar-refractivity contribution in [2.45, 2.75) is 25.6 Å². The van der Waals surface area contributed by atoms with Crippen LogP contribution in [0.25, 0.3) is 0 Å². The minimum atomic E-state index is -0.962. The first-order valence-electron chi connectivity index (χ1n) is 5.27. The van der Waals surface area contributed by atoms with Crippen molar-refractivity contribution in [1.29, 1.82) is 0 Å². The van der Waals surface area contributed by atoms with Gasteiger partial charge in [-0.05, 0) is 25.0 Å². The molecule has 1 saturated heterocycles. The average Bonchev–Trinajstić information content (AvgIpc) is 2.27. The molecule has 1 aliphatic rings. The van der Waals surface area contributed by atoms with Crippen molar-refractivity contribution >= 4 is 21.7 Å². The van der Waals surface area contributed by atoms with E-state index in [-0.39, 0.29) is 12.6 Å². The summed E-state index contributed by atoms with van der Waals surface area (Å²) in [5.74, 6) is 0.701. The van der Waals surface area contributed by atoms with Gasteiger partial charge in [0.15, 0.2) is 0 Å². The van der Waals surface area contributed by atoms with Crippen molar-refractivity contribution in [1.82, 2.24) is 4.98 Å². The molecule has 88 valence electrons. The molecule has 3 nitrogen and oxygen atoms in total. The summed E-state index contributed by atoms with van der Waals surface area (Å²) in [6.45, 7) is 2.74. The number of alkyl halides is 1. The van der Waals surface area contributed by atoms with Gasteiger partial charge in [-0.3, -0.25) is 0 Å². The second-order valence-electron chi connectivity index (χ2n) is 3.95. The number of rotatable bonds is 2. The standard InChI is InChI=1S/C11H14BrFN2O/c1-7-5-14-11(4-8(7)12)15-10-2-3-16-6-9(10)13/h4-5,9-10H,2-3,6H2,1H3,(H,14,15)/t9-,10-/m0/s1. The lowest BCUT2D eigenvalue weighted by Gasteiger charge is -2.27. The topological polar surface area (TPSA) is 34.2 Å². The van der Waals surface area contributed by atoms with Crippen molar-refractivity contribution in [2.75, 3.05) is 18.5 Å². The number of hydrogen-bond acceptors (Lipinski definition) is 3. The average molecular weight is 289 g/mol. The van der Waals surface area contributed by atoms with Crippen LogP contribution in [0.1, 0.15) is 12.0 Å². The summed E-state index contributed by atoms with van der Waals surface area (Å²) in [6.07, 6.45) is 1.48. The van der Waals surface area contributed by atoms with Crippen LogP contribution in [0.5, 0.6) is 0 Å². The van der Waals surface area contributed by atoms with Gasteiger partial charge in [0.2, 0.25) is 0 Å². The highest BCUT2D eigenvalue weighted by Gasteiger charge is 2.25. The highest BCUT2D eigenvalue weighted by molar-refractivity contribution is 9.10. The Morgan fingerprint density at radius 3 is 3.12 bits per heavy atom. The van der Waals surface area contributed by atoms with Crippen LogP contribution in [0.2, 0.25) is 0 Å². The fraction of sp³-hybridized carbons (Fsp3) is 0.545. The Kier molecular flexibility index (Phi) is 3.76. The molecule has 1 fully saturated rings. The number of aromatic nitrogens is 1. The van der Waals surface area contributed by atoms with Crippen LogP contribution in [0.15, 0.2) is 16.7 Å². The first-order chi connectivity index (χ1) is 7.66. The number of halogens is 2. The maximum Gasteiger partial charge on any atom is 0.143 e. The largest absolute Gasteiger partial charge is 0.378 e. The van der Waals surface area contributed by atoms with Gasteiger partial charge in [0, 0.05) is 17.3 Å². The summed E-state index contributed by atoms with van der Waals surface area (Å²) in [5, 5.41) is 3.10. The summed E-state index contributed by atoms with van der Waals surface area (Å²) in [5.41, 5.74) is 1.06. The summed E-state index contributed by atoms with van der Waals surface area (Å²) >= 11 is 3.43. The smallest absolute Gasteiger partial charge is 0.143 e. The van der Waals surface area contributed by atoms with Gasteiger partial charge in [0.25, 0.3) is 0 Å². The molecule has 0 spiro atoms. The minimum absolute atomic E-state index is 0.171. The molecule has 1 N–H and O–H groups in total. The van der Waals surface area contributed by atoms with Crippen LogP contribution in [0.3, 0.4) is 0 Å². The van der Waals surface area contributed by atoms with Gasteiger partial charge in [-0.15, -0.1) is 0 Å². The second kappa shape index (κ2) is 5.10. The van der Waals surface area contributed by atoms with Crippen molar-refractivity contribution in [3.8, 4) is 0 Å². The number of nitrogens with one attached hydrogen (secondary N) is 1. The van der Waals surface area contributed by atoms with E-state index in [2.05, 4.69) is 26.2 Å². The third kappa shape index (κ3) is 2.71. The molecule has 0 aromatic carbocycles. The van der Waals surface area contributed by atoms with Crippen molar-refractivity contribution in [2.24, 2.45) is 0 Å². The van der Waals surface area contributed by atoms with Crippen LogP contribution >= 0.6 is 15.9 Å². The monoisotopic (exact) mass is 288 g/mol. The SMILES string of the molecule is Cc1cnc(N[C@H]2CCOC[C@@H]2F)cc1Br. The third-order valence-corrected chi connectivity index (χ3v) is 3.51. The zero-order valence-electron chi connectivity index (χ0n) is 9.04. The molecule has 0 amide bonds. The molecule has 2 heterocycles. The molecule has 0 unspecified atom stereocenters. The lowest BCUT2D eigenvalue weighted by atomic mass is 10.1. The number of nitrogens with zero attached hydrogens (tertiary/aromatic N) is 1. The summed E-state index contributed by atoms with van der Waals surface area (Å²) in [6, 6.07) is 1.67. The fourth-order valence-corrected chi connectivity index (χ4v) is 1.95. The Morgan fingerprint density at radius 2 is 2.44 bits per heavy atom. The number of pyridine rings is 1. The molecule has 0 radical (unpaired) electrons. The van der Waals surface area contributed by atoms with E-state index in [0.717, 1.165) is 10.0 Å². The van der Waals surface area contributed by atoms with Gasteiger partial charge in [-0.2, -0.15) is 0 Å². The Balaban J connectivity index is 2.05. The maximum atomic E-state index is 13.5. The van der Waals surface area contributed by atoms with Crippen LogP contribution in [-0.4, -0.2) is 30.4 Å². The zero-order valence-corrected chi connectivity index (χ0v) is 10.6. The molecule has 0 aliphatic carbocycles. The number of hydrogen-bond donors (Lipinski definition) is 1. The highest BCUT2D eigenvalue weighted by Crippen LogP contribution is 2.21.